The summed E-state index contributed by atoms with van der Waals surface area (Å²) < 4.78 is 7.00. The van der Waals surface area contributed by atoms with Gasteiger partial charge >= 0.3 is 5.97 Å². The van der Waals surface area contributed by atoms with Crippen molar-refractivity contribution in [3.63, 3.8) is 0 Å². The van der Waals surface area contributed by atoms with E-state index in [2.05, 4.69) is 20.9 Å². The minimum Gasteiger partial charge on any atom is -0.462 e. The second-order valence-corrected chi connectivity index (χ2v) is 4.17. The Bertz CT molecular complexity index is 563. The molecule has 0 atom stereocenters. The van der Waals surface area contributed by atoms with Crippen molar-refractivity contribution in [1.82, 2.24) is 9.55 Å². The number of carbonyl (C=O) groups is 1. The predicted octanol–water partition coefficient (Wildman–Crippen LogP) is 2.64. The number of ether oxygens (including phenoxy) is 1. The number of halogens is 1. The zero-order valence-corrected chi connectivity index (χ0v) is 11.3. The Labute approximate surface area is 108 Å². The SMILES string of the molecule is CCOC(=O)c1c(CBr)n(C)c2ncccc12. The van der Waals surface area contributed by atoms with Gasteiger partial charge in [-0.1, -0.05) is 15.9 Å². The highest BCUT2D eigenvalue weighted by molar-refractivity contribution is 9.08. The van der Waals surface area contributed by atoms with Crippen molar-refractivity contribution in [2.75, 3.05) is 6.61 Å². The van der Waals surface area contributed by atoms with Crippen LogP contribution in [0.4, 0.5) is 0 Å². The van der Waals surface area contributed by atoms with E-state index in [0.29, 0.717) is 17.5 Å². The summed E-state index contributed by atoms with van der Waals surface area (Å²) in [6, 6.07) is 3.71. The summed E-state index contributed by atoms with van der Waals surface area (Å²) in [7, 11) is 1.90. The molecule has 2 aromatic rings. The fourth-order valence-electron chi connectivity index (χ4n) is 1.90. The van der Waals surface area contributed by atoms with Crippen LogP contribution in [0, 0.1) is 0 Å². The van der Waals surface area contributed by atoms with E-state index in [4.69, 9.17) is 4.74 Å². The number of hydrogen-bond donors (Lipinski definition) is 0. The van der Waals surface area contributed by atoms with Gasteiger partial charge in [0.2, 0.25) is 0 Å². The number of carbonyl (C=O) groups excluding carboxylic acids is 1. The lowest BCUT2D eigenvalue weighted by molar-refractivity contribution is 0.0527. The molecule has 0 aliphatic carbocycles. The molecular formula is C12H13BrN2O2. The van der Waals surface area contributed by atoms with Crippen molar-refractivity contribution in [1.29, 1.82) is 0 Å². The average molecular weight is 297 g/mol. The first-order chi connectivity index (χ1) is 8.20. The molecule has 0 saturated heterocycles. The number of hydrogen-bond acceptors (Lipinski definition) is 3. The monoisotopic (exact) mass is 296 g/mol. The topological polar surface area (TPSA) is 44.1 Å². The summed E-state index contributed by atoms with van der Waals surface area (Å²) in [5.41, 5.74) is 2.29. The fourth-order valence-corrected chi connectivity index (χ4v) is 2.55. The van der Waals surface area contributed by atoms with Crippen LogP contribution in [0.5, 0.6) is 0 Å². The zero-order chi connectivity index (χ0) is 12.4. The van der Waals surface area contributed by atoms with Gasteiger partial charge in [0.1, 0.15) is 5.65 Å². The van der Waals surface area contributed by atoms with E-state index in [9.17, 15) is 4.79 Å². The lowest BCUT2D eigenvalue weighted by Gasteiger charge is -2.03. The first-order valence-corrected chi connectivity index (χ1v) is 6.48. The van der Waals surface area contributed by atoms with Crippen LogP contribution in [0.1, 0.15) is 23.0 Å². The van der Waals surface area contributed by atoms with Gasteiger partial charge in [0.05, 0.1) is 12.2 Å². The Morgan fingerprint density at radius 2 is 2.35 bits per heavy atom. The van der Waals surface area contributed by atoms with E-state index >= 15 is 0 Å². The van der Waals surface area contributed by atoms with Crippen LogP contribution in [-0.4, -0.2) is 22.1 Å². The highest BCUT2D eigenvalue weighted by Gasteiger charge is 2.21. The van der Waals surface area contributed by atoms with E-state index in [1.54, 1.807) is 13.1 Å². The molecular weight excluding hydrogens is 284 g/mol. The molecule has 2 rings (SSSR count). The Morgan fingerprint density at radius 1 is 1.59 bits per heavy atom. The summed E-state index contributed by atoms with van der Waals surface area (Å²) in [5.74, 6) is -0.291. The minimum atomic E-state index is -0.291. The third kappa shape index (κ3) is 1.95. The van der Waals surface area contributed by atoms with Gasteiger partial charge in [-0.3, -0.25) is 0 Å². The number of pyridine rings is 1. The van der Waals surface area contributed by atoms with Gasteiger partial charge in [-0.15, -0.1) is 0 Å². The standard InChI is InChI=1S/C12H13BrN2O2/c1-3-17-12(16)10-8-5-4-6-14-11(8)15(2)9(10)7-13/h4-6H,3,7H2,1-2H3. The van der Waals surface area contributed by atoms with Crippen LogP contribution in [0.15, 0.2) is 18.3 Å². The largest absolute Gasteiger partial charge is 0.462 e. The average Bonchev–Trinajstić information content (AvgIpc) is 2.63. The molecule has 17 heavy (non-hydrogen) atoms. The second kappa shape index (κ2) is 4.87. The highest BCUT2D eigenvalue weighted by atomic mass is 79.9. The Balaban J connectivity index is 2.71. The molecule has 4 nitrogen and oxygen atoms in total. The molecule has 0 spiro atoms. The summed E-state index contributed by atoms with van der Waals surface area (Å²) in [6.45, 7) is 2.17. The van der Waals surface area contributed by atoms with Crippen LogP contribution in [0.2, 0.25) is 0 Å². The van der Waals surface area contributed by atoms with E-state index in [1.165, 1.54) is 0 Å². The van der Waals surface area contributed by atoms with E-state index in [1.807, 2.05) is 23.7 Å². The predicted molar refractivity (Wildman–Crippen MR) is 69.3 cm³/mol. The lowest BCUT2D eigenvalue weighted by Crippen LogP contribution is -2.07. The molecule has 90 valence electrons. The second-order valence-electron chi connectivity index (χ2n) is 3.61. The summed E-state index contributed by atoms with van der Waals surface area (Å²) in [5, 5.41) is 1.43. The Morgan fingerprint density at radius 3 is 3.00 bits per heavy atom. The summed E-state index contributed by atoms with van der Waals surface area (Å²) in [6.07, 6.45) is 1.72. The number of rotatable bonds is 3. The van der Waals surface area contributed by atoms with Gasteiger partial charge in [-0.25, -0.2) is 9.78 Å². The van der Waals surface area contributed by atoms with Gasteiger partial charge in [-0.2, -0.15) is 0 Å². The molecule has 0 aliphatic rings. The Hall–Kier alpha value is -1.36. The van der Waals surface area contributed by atoms with E-state index < -0.39 is 0 Å². The number of alkyl halides is 1. The van der Waals surface area contributed by atoms with Crippen molar-refractivity contribution in [3.8, 4) is 0 Å². The van der Waals surface area contributed by atoms with E-state index in [0.717, 1.165) is 16.7 Å². The third-order valence-corrected chi connectivity index (χ3v) is 3.20. The Kier molecular flexibility index (Phi) is 3.47. The molecule has 5 heteroatoms. The van der Waals surface area contributed by atoms with Crippen molar-refractivity contribution in [2.24, 2.45) is 7.05 Å². The van der Waals surface area contributed by atoms with Gasteiger partial charge in [0.15, 0.2) is 0 Å². The molecule has 0 fully saturated rings. The summed E-state index contributed by atoms with van der Waals surface area (Å²) >= 11 is 3.40. The molecule has 0 saturated carbocycles. The molecule has 0 unspecified atom stereocenters. The lowest BCUT2D eigenvalue weighted by atomic mass is 10.2. The molecule has 0 amide bonds. The van der Waals surface area contributed by atoms with Crippen molar-refractivity contribution in [3.05, 3.63) is 29.6 Å². The van der Waals surface area contributed by atoms with Crippen LogP contribution in [0.3, 0.4) is 0 Å². The smallest absolute Gasteiger partial charge is 0.340 e. The molecule has 2 heterocycles. The zero-order valence-electron chi connectivity index (χ0n) is 9.74. The van der Waals surface area contributed by atoms with Gasteiger partial charge < -0.3 is 9.30 Å². The first kappa shape index (κ1) is 12.1. The molecule has 0 aliphatic heterocycles. The van der Waals surface area contributed by atoms with Crippen LogP contribution >= 0.6 is 15.9 Å². The quantitative estimate of drug-likeness (QED) is 0.646. The molecule has 0 aromatic carbocycles. The van der Waals surface area contributed by atoms with Crippen molar-refractivity contribution >= 4 is 32.9 Å². The number of fused-ring (bicyclic) bond motifs is 1. The van der Waals surface area contributed by atoms with Gasteiger partial charge in [-0.05, 0) is 19.1 Å². The van der Waals surface area contributed by atoms with E-state index in [-0.39, 0.29) is 5.97 Å². The maximum absolute atomic E-state index is 12.0. The van der Waals surface area contributed by atoms with Crippen molar-refractivity contribution < 1.29 is 9.53 Å². The third-order valence-electron chi connectivity index (χ3n) is 2.67. The number of aromatic nitrogens is 2. The maximum Gasteiger partial charge on any atom is 0.340 e. The first-order valence-electron chi connectivity index (χ1n) is 5.36. The molecule has 0 radical (unpaired) electrons. The summed E-state index contributed by atoms with van der Waals surface area (Å²) in [4.78, 5) is 16.3. The van der Waals surface area contributed by atoms with Crippen LogP contribution in [-0.2, 0) is 17.1 Å². The fraction of sp³-hybridized carbons (Fsp3) is 0.333. The number of aryl methyl sites for hydroxylation is 1. The molecule has 0 bridgehead atoms. The van der Waals surface area contributed by atoms with Gasteiger partial charge in [0.25, 0.3) is 0 Å². The maximum atomic E-state index is 12.0. The van der Waals surface area contributed by atoms with Crippen LogP contribution in [0.25, 0.3) is 11.0 Å². The number of nitrogens with zero attached hydrogens (tertiary/aromatic N) is 2. The van der Waals surface area contributed by atoms with Crippen molar-refractivity contribution in [2.45, 2.75) is 12.3 Å². The highest BCUT2D eigenvalue weighted by Crippen LogP contribution is 2.26. The van der Waals surface area contributed by atoms with Crippen LogP contribution < -0.4 is 0 Å². The van der Waals surface area contributed by atoms with Gasteiger partial charge in [0, 0.05) is 29.7 Å². The molecule has 0 N–H and O–H groups in total. The number of esters is 1. The normalized spacial score (nSPS) is 10.8. The minimum absolute atomic E-state index is 0.291. The molecule has 2 aromatic heterocycles.